The first-order valence-corrected chi connectivity index (χ1v) is 11.8. The number of aromatic nitrogens is 4. The van der Waals surface area contributed by atoms with Crippen LogP contribution in [0.4, 0.5) is 11.4 Å². The molecule has 3 aliphatic rings. The Morgan fingerprint density at radius 2 is 2.12 bits per heavy atom. The highest BCUT2D eigenvalue weighted by atomic mass is 79.9. The van der Waals surface area contributed by atoms with Crippen LogP contribution in [0.1, 0.15) is 33.6 Å². The highest BCUT2D eigenvalue weighted by Gasteiger charge is 2.56. The molecule has 168 valence electrons. The fourth-order valence-electron chi connectivity index (χ4n) is 5.58. The topological polar surface area (TPSA) is 105 Å². The van der Waals surface area contributed by atoms with Crippen molar-refractivity contribution in [3.63, 3.8) is 0 Å². The minimum atomic E-state index is -0.329. The minimum Gasteiger partial charge on any atom is -0.380 e. The first-order chi connectivity index (χ1) is 15.2. The summed E-state index contributed by atoms with van der Waals surface area (Å²) < 4.78 is 1.58. The number of hydrogen-bond acceptors (Lipinski definition) is 5. The molecule has 3 aliphatic carbocycles. The predicted octanol–water partition coefficient (Wildman–Crippen LogP) is 4.00. The van der Waals surface area contributed by atoms with Crippen molar-refractivity contribution in [2.75, 3.05) is 10.6 Å². The quantitative estimate of drug-likeness (QED) is 0.492. The van der Waals surface area contributed by atoms with E-state index in [-0.39, 0.29) is 18.0 Å². The van der Waals surface area contributed by atoms with Crippen molar-refractivity contribution in [2.24, 2.45) is 23.2 Å². The first kappa shape index (κ1) is 21.2. The van der Waals surface area contributed by atoms with Gasteiger partial charge in [0.1, 0.15) is 11.0 Å². The van der Waals surface area contributed by atoms with E-state index in [2.05, 4.69) is 62.6 Å². The molecule has 0 saturated heterocycles. The largest absolute Gasteiger partial charge is 0.380 e. The SMILES string of the molecule is C[C@@H]1[C@H]2C[C@@H](C[C@H]1Nc1cnn(CC(=O)Nc3ccc4[nH]ncc4c3)c(=O)c1Br)C2(C)C. The van der Waals surface area contributed by atoms with Gasteiger partial charge in [0.05, 0.1) is 23.6 Å². The maximum absolute atomic E-state index is 12.8. The Kier molecular flexibility index (Phi) is 5.11. The zero-order valence-electron chi connectivity index (χ0n) is 18.4. The number of fused-ring (bicyclic) bond motifs is 3. The summed E-state index contributed by atoms with van der Waals surface area (Å²) >= 11 is 3.43. The maximum atomic E-state index is 12.8. The van der Waals surface area contributed by atoms with Gasteiger partial charge in [-0.05, 0) is 70.1 Å². The standard InChI is InChI=1S/C23H27BrN6O2/c1-12-16-7-14(23(16,2)3)8-18(12)28-19-10-26-30(22(32)21(19)24)11-20(31)27-15-4-5-17-13(6-15)9-25-29-17/h4-6,9-10,12,14,16,18,28H,7-8,11H2,1-3H3,(H,25,29)(H,27,31)/t12-,14+,16-,18-/m1/s1. The summed E-state index contributed by atoms with van der Waals surface area (Å²) in [6, 6.07) is 5.78. The number of benzene rings is 1. The van der Waals surface area contributed by atoms with Crippen molar-refractivity contribution in [1.82, 2.24) is 20.0 Å². The average Bonchev–Trinajstić information content (AvgIpc) is 3.22. The molecule has 8 nitrogen and oxygen atoms in total. The van der Waals surface area contributed by atoms with Crippen LogP contribution >= 0.6 is 15.9 Å². The molecule has 0 aliphatic heterocycles. The number of nitrogens with zero attached hydrogens (tertiary/aromatic N) is 3. The highest BCUT2D eigenvalue weighted by molar-refractivity contribution is 9.10. The van der Waals surface area contributed by atoms with E-state index in [1.54, 1.807) is 18.5 Å². The lowest BCUT2D eigenvalue weighted by molar-refractivity contribution is -0.117. The van der Waals surface area contributed by atoms with Crippen LogP contribution in [0.2, 0.25) is 0 Å². The average molecular weight is 499 g/mol. The lowest BCUT2D eigenvalue weighted by Gasteiger charge is -2.62. The Hall–Kier alpha value is -2.68. The van der Waals surface area contributed by atoms with Gasteiger partial charge in [0.25, 0.3) is 5.56 Å². The number of amides is 1. The third-order valence-electron chi connectivity index (χ3n) is 7.70. The summed E-state index contributed by atoms with van der Waals surface area (Å²) in [5.41, 5.74) is 2.30. The number of anilines is 2. The predicted molar refractivity (Wildman–Crippen MR) is 127 cm³/mol. The molecule has 3 saturated carbocycles. The fraction of sp³-hybridized carbons (Fsp3) is 0.478. The van der Waals surface area contributed by atoms with Crippen LogP contribution in [0.25, 0.3) is 10.9 Å². The van der Waals surface area contributed by atoms with Crippen molar-refractivity contribution in [3.05, 3.63) is 45.4 Å². The van der Waals surface area contributed by atoms with E-state index in [1.165, 1.54) is 11.1 Å². The molecule has 1 amide bonds. The summed E-state index contributed by atoms with van der Waals surface area (Å²) in [6.45, 7) is 6.87. The van der Waals surface area contributed by atoms with E-state index in [1.807, 2.05) is 12.1 Å². The molecule has 4 atom stereocenters. The van der Waals surface area contributed by atoms with Gasteiger partial charge in [-0.25, -0.2) is 4.68 Å². The number of halogens is 1. The molecular formula is C23H27BrN6O2. The third-order valence-corrected chi connectivity index (χ3v) is 8.46. The number of carbonyl (C=O) groups is 1. The third kappa shape index (κ3) is 3.52. The van der Waals surface area contributed by atoms with Gasteiger partial charge in [-0.1, -0.05) is 20.8 Å². The number of carbonyl (C=O) groups excluding carboxylic acids is 1. The van der Waals surface area contributed by atoms with Gasteiger partial charge in [0, 0.05) is 17.1 Å². The molecule has 2 heterocycles. The molecule has 0 radical (unpaired) electrons. The Labute approximate surface area is 194 Å². The normalized spacial score (nSPS) is 25.9. The van der Waals surface area contributed by atoms with Crippen molar-refractivity contribution in [2.45, 2.75) is 46.2 Å². The Bertz CT molecular complexity index is 1250. The van der Waals surface area contributed by atoms with Crippen LogP contribution in [0.5, 0.6) is 0 Å². The Balaban J connectivity index is 1.26. The van der Waals surface area contributed by atoms with Crippen molar-refractivity contribution in [1.29, 1.82) is 0 Å². The van der Waals surface area contributed by atoms with Crippen LogP contribution < -0.4 is 16.2 Å². The summed E-state index contributed by atoms with van der Waals surface area (Å²) in [5, 5.41) is 18.3. The summed E-state index contributed by atoms with van der Waals surface area (Å²) in [5.74, 6) is 1.63. The zero-order chi connectivity index (χ0) is 22.6. The van der Waals surface area contributed by atoms with E-state index in [4.69, 9.17) is 0 Å². The van der Waals surface area contributed by atoms with E-state index >= 15 is 0 Å². The summed E-state index contributed by atoms with van der Waals surface area (Å²) in [4.78, 5) is 25.3. The van der Waals surface area contributed by atoms with E-state index in [0.29, 0.717) is 39.1 Å². The van der Waals surface area contributed by atoms with E-state index < -0.39 is 0 Å². The van der Waals surface area contributed by atoms with Crippen LogP contribution in [0.3, 0.4) is 0 Å². The summed E-state index contributed by atoms with van der Waals surface area (Å²) in [7, 11) is 0. The molecular weight excluding hydrogens is 472 g/mol. The second-order valence-corrected chi connectivity index (χ2v) is 10.6. The smallest absolute Gasteiger partial charge is 0.283 e. The zero-order valence-corrected chi connectivity index (χ0v) is 19.9. The number of rotatable bonds is 5. The van der Waals surface area contributed by atoms with Gasteiger partial charge < -0.3 is 10.6 Å². The number of hydrogen-bond donors (Lipinski definition) is 3. The lowest BCUT2D eigenvalue weighted by atomic mass is 9.45. The van der Waals surface area contributed by atoms with Crippen LogP contribution in [0.15, 0.2) is 39.9 Å². The van der Waals surface area contributed by atoms with Gasteiger partial charge in [0.2, 0.25) is 5.91 Å². The molecule has 3 fully saturated rings. The van der Waals surface area contributed by atoms with Crippen molar-refractivity contribution in [3.8, 4) is 0 Å². The molecule has 1 aromatic carbocycles. The Morgan fingerprint density at radius 1 is 1.31 bits per heavy atom. The molecule has 3 N–H and O–H groups in total. The molecule has 9 heteroatoms. The molecule has 0 spiro atoms. The van der Waals surface area contributed by atoms with Crippen molar-refractivity contribution < 1.29 is 4.79 Å². The van der Waals surface area contributed by atoms with Gasteiger partial charge in [-0.2, -0.15) is 10.2 Å². The Morgan fingerprint density at radius 3 is 2.88 bits per heavy atom. The van der Waals surface area contributed by atoms with Gasteiger partial charge in [-0.15, -0.1) is 0 Å². The van der Waals surface area contributed by atoms with Gasteiger partial charge >= 0.3 is 0 Å². The van der Waals surface area contributed by atoms with Crippen LogP contribution in [0, 0.1) is 23.2 Å². The number of aromatic amines is 1. The molecule has 2 bridgehead atoms. The van der Waals surface area contributed by atoms with Gasteiger partial charge in [-0.3, -0.25) is 14.7 Å². The molecule has 32 heavy (non-hydrogen) atoms. The fourth-order valence-corrected chi connectivity index (χ4v) is 6.00. The maximum Gasteiger partial charge on any atom is 0.283 e. The minimum absolute atomic E-state index is 0.167. The van der Waals surface area contributed by atoms with Crippen LogP contribution in [-0.4, -0.2) is 31.9 Å². The second-order valence-electron chi connectivity index (χ2n) is 9.76. The second kappa shape index (κ2) is 7.72. The van der Waals surface area contributed by atoms with Gasteiger partial charge in [0.15, 0.2) is 0 Å². The molecule has 2 aromatic heterocycles. The lowest BCUT2D eigenvalue weighted by Crippen LogP contribution is -2.58. The van der Waals surface area contributed by atoms with E-state index in [0.717, 1.165) is 23.2 Å². The van der Waals surface area contributed by atoms with Crippen molar-refractivity contribution >= 4 is 44.1 Å². The monoisotopic (exact) mass is 498 g/mol. The highest BCUT2D eigenvalue weighted by Crippen LogP contribution is 2.61. The van der Waals surface area contributed by atoms with E-state index in [9.17, 15) is 9.59 Å². The summed E-state index contributed by atoms with van der Waals surface area (Å²) in [6.07, 6.45) is 5.73. The number of nitrogens with one attached hydrogen (secondary N) is 3. The molecule has 6 rings (SSSR count). The molecule has 0 unspecified atom stereocenters. The number of H-pyrrole nitrogens is 1. The van der Waals surface area contributed by atoms with Crippen LogP contribution in [-0.2, 0) is 11.3 Å². The molecule has 3 aromatic rings. The first-order valence-electron chi connectivity index (χ1n) is 11.0.